The van der Waals surface area contributed by atoms with Gasteiger partial charge >= 0.3 is 0 Å². The van der Waals surface area contributed by atoms with Crippen molar-refractivity contribution in [2.75, 3.05) is 18.4 Å². The summed E-state index contributed by atoms with van der Waals surface area (Å²) in [6.45, 7) is 4.43. The summed E-state index contributed by atoms with van der Waals surface area (Å²) in [5, 5.41) is 7.08. The molecule has 1 heterocycles. The van der Waals surface area contributed by atoms with E-state index in [1.54, 1.807) is 0 Å². The molecule has 0 radical (unpaired) electrons. The highest BCUT2D eigenvalue weighted by Gasteiger charge is 2.11. The van der Waals surface area contributed by atoms with E-state index >= 15 is 0 Å². The summed E-state index contributed by atoms with van der Waals surface area (Å²) in [6, 6.07) is 9.38. The molecule has 0 amide bonds. The number of aryl methyl sites for hydroxylation is 1. The van der Waals surface area contributed by atoms with Gasteiger partial charge in [-0.1, -0.05) is 25.5 Å². The Bertz CT molecular complexity index is 316. The fraction of sp³-hybridized carbons (Fsp3) is 0.571. The molecular formula is C14H22N2. The molecule has 1 aliphatic heterocycles. The molecule has 1 fully saturated rings. The van der Waals surface area contributed by atoms with Crippen LogP contribution >= 0.6 is 0 Å². The SMILES string of the molecule is CCc1cccc(NCC2CCCCN2)c1. The fourth-order valence-electron chi connectivity index (χ4n) is 2.24. The lowest BCUT2D eigenvalue weighted by atomic mass is 10.0. The van der Waals surface area contributed by atoms with Crippen LogP contribution in [-0.2, 0) is 6.42 Å². The number of anilines is 1. The summed E-state index contributed by atoms with van der Waals surface area (Å²) in [5.74, 6) is 0. The third-order valence-electron chi connectivity index (χ3n) is 3.30. The molecule has 0 spiro atoms. The smallest absolute Gasteiger partial charge is 0.0343 e. The number of piperidine rings is 1. The summed E-state index contributed by atoms with van der Waals surface area (Å²) in [4.78, 5) is 0. The van der Waals surface area contributed by atoms with Crippen molar-refractivity contribution in [1.29, 1.82) is 0 Å². The predicted octanol–water partition coefficient (Wildman–Crippen LogP) is 2.80. The van der Waals surface area contributed by atoms with Gasteiger partial charge in [-0.2, -0.15) is 0 Å². The second-order valence-corrected chi connectivity index (χ2v) is 4.58. The van der Waals surface area contributed by atoms with Crippen molar-refractivity contribution in [3.8, 4) is 0 Å². The maximum atomic E-state index is 3.56. The molecule has 2 nitrogen and oxygen atoms in total. The Hall–Kier alpha value is -1.02. The van der Waals surface area contributed by atoms with Crippen LogP contribution in [0, 0.1) is 0 Å². The van der Waals surface area contributed by atoms with Gasteiger partial charge in [-0.15, -0.1) is 0 Å². The lowest BCUT2D eigenvalue weighted by molar-refractivity contribution is 0.414. The van der Waals surface area contributed by atoms with E-state index in [1.165, 1.54) is 37.1 Å². The average molecular weight is 218 g/mol. The zero-order chi connectivity index (χ0) is 11.2. The van der Waals surface area contributed by atoms with Crippen LogP contribution in [0.5, 0.6) is 0 Å². The molecule has 1 aromatic rings. The molecule has 88 valence electrons. The Balaban J connectivity index is 1.83. The second-order valence-electron chi connectivity index (χ2n) is 4.58. The molecule has 2 rings (SSSR count). The highest BCUT2D eigenvalue weighted by Crippen LogP contribution is 2.12. The van der Waals surface area contributed by atoms with E-state index in [2.05, 4.69) is 41.8 Å². The largest absolute Gasteiger partial charge is 0.383 e. The van der Waals surface area contributed by atoms with Crippen LogP contribution in [-0.4, -0.2) is 19.1 Å². The number of benzene rings is 1. The van der Waals surface area contributed by atoms with Gasteiger partial charge in [0.1, 0.15) is 0 Å². The summed E-state index contributed by atoms with van der Waals surface area (Å²) < 4.78 is 0. The first-order chi connectivity index (χ1) is 7.88. The Morgan fingerprint density at radius 2 is 2.31 bits per heavy atom. The standard InChI is InChI=1S/C14H22N2/c1-2-12-6-5-8-13(10-12)16-11-14-7-3-4-9-15-14/h5-6,8,10,14-16H,2-4,7,9,11H2,1H3. The van der Waals surface area contributed by atoms with Gasteiger partial charge in [-0.25, -0.2) is 0 Å². The number of hydrogen-bond acceptors (Lipinski definition) is 2. The first kappa shape index (κ1) is 11.5. The molecule has 0 bridgehead atoms. The van der Waals surface area contributed by atoms with E-state index in [0.717, 1.165) is 13.0 Å². The molecule has 2 heteroatoms. The number of hydrogen-bond donors (Lipinski definition) is 2. The minimum Gasteiger partial charge on any atom is -0.383 e. The zero-order valence-corrected chi connectivity index (χ0v) is 10.1. The Kier molecular flexibility index (Phi) is 4.23. The molecule has 2 N–H and O–H groups in total. The first-order valence-electron chi connectivity index (χ1n) is 6.44. The molecule has 0 saturated carbocycles. The van der Waals surface area contributed by atoms with Gasteiger partial charge in [0.05, 0.1) is 0 Å². The van der Waals surface area contributed by atoms with E-state index in [1.807, 2.05) is 0 Å². The average Bonchev–Trinajstić information content (AvgIpc) is 2.38. The zero-order valence-electron chi connectivity index (χ0n) is 10.1. The van der Waals surface area contributed by atoms with E-state index in [9.17, 15) is 0 Å². The summed E-state index contributed by atoms with van der Waals surface area (Å²) in [6.07, 6.45) is 5.12. The van der Waals surface area contributed by atoms with Crippen molar-refractivity contribution in [3.05, 3.63) is 29.8 Å². The Morgan fingerprint density at radius 1 is 1.38 bits per heavy atom. The van der Waals surface area contributed by atoms with Crippen molar-refractivity contribution >= 4 is 5.69 Å². The molecular weight excluding hydrogens is 196 g/mol. The van der Waals surface area contributed by atoms with Crippen LogP contribution in [0.1, 0.15) is 31.7 Å². The highest BCUT2D eigenvalue weighted by atomic mass is 15.0. The van der Waals surface area contributed by atoms with Crippen molar-refractivity contribution in [2.45, 2.75) is 38.6 Å². The Labute approximate surface area is 98.4 Å². The maximum absolute atomic E-state index is 3.56. The second kappa shape index (κ2) is 5.90. The van der Waals surface area contributed by atoms with Gasteiger partial charge in [0.2, 0.25) is 0 Å². The lowest BCUT2D eigenvalue weighted by Crippen LogP contribution is -2.39. The van der Waals surface area contributed by atoms with E-state index in [0.29, 0.717) is 6.04 Å². The van der Waals surface area contributed by atoms with E-state index in [4.69, 9.17) is 0 Å². The van der Waals surface area contributed by atoms with Gasteiger partial charge in [-0.05, 0) is 43.5 Å². The summed E-state index contributed by atoms with van der Waals surface area (Å²) in [5.41, 5.74) is 2.66. The summed E-state index contributed by atoms with van der Waals surface area (Å²) in [7, 11) is 0. The Morgan fingerprint density at radius 3 is 3.06 bits per heavy atom. The quantitative estimate of drug-likeness (QED) is 0.812. The normalized spacial score (nSPS) is 20.7. The van der Waals surface area contributed by atoms with Gasteiger partial charge in [-0.3, -0.25) is 0 Å². The van der Waals surface area contributed by atoms with Crippen LogP contribution in [0.25, 0.3) is 0 Å². The minimum absolute atomic E-state index is 0.652. The number of rotatable bonds is 4. The fourth-order valence-corrected chi connectivity index (χ4v) is 2.24. The van der Waals surface area contributed by atoms with Gasteiger partial charge in [0, 0.05) is 18.3 Å². The van der Waals surface area contributed by atoms with Gasteiger partial charge < -0.3 is 10.6 Å². The minimum atomic E-state index is 0.652. The van der Waals surface area contributed by atoms with Crippen LogP contribution in [0.4, 0.5) is 5.69 Å². The number of nitrogens with one attached hydrogen (secondary N) is 2. The molecule has 0 aliphatic carbocycles. The van der Waals surface area contributed by atoms with Gasteiger partial charge in [0.15, 0.2) is 0 Å². The third-order valence-corrected chi connectivity index (χ3v) is 3.30. The van der Waals surface area contributed by atoms with Crippen LogP contribution < -0.4 is 10.6 Å². The third kappa shape index (κ3) is 3.24. The van der Waals surface area contributed by atoms with Crippen molar-refractivity contribution in [1.82, 2.24) is 5.32 Å². The first-order valence-corrected chi connectivity index (χ1v) is 6.44. The molecule has 1 aromatic carbocycles. The van der Waals surface area contributed by atoms with Crippen LogP contribution in [0.15, 0.2) is 24.3 Å². The molecule has 1 saturated heterocycles. The van der Waals surface area contributed by atoms with Gasteiger partial charge in [0.25, 0.3) is 0 Å². The summed E-state index contributed by atoms with van der Waals surface area (Å²) >= 11 is 0. The molecule has 16 heavy (non-hydrogen) atoms. The lowest BCUT2D eigenvalue weighted by Gasteiger charge is -2.24. The van der Waals surface area contributed by atoms with Crippen molar-refractivity contribution in [2.24, 2.45) is 0 Å². The predicted molar refractivity (Wildman–Crippen MR) is 70.0 cm³/mol. The molecule has 1 atom stereocenters. The van der Waals surface area contributed by atoms with Crippen molar-refractivity contribution in [3.63, 3.8) is 0 Å². The van der Waals surface area contributed by atoms with Crippen molar-refractivity contribution < 1.29 is 0 Å². The maximum Gasteiger partial charge on any atom is 0.0343 e. The van der Waals surface area contributed by atoms with Crippen LogP contribution in [0.3, 0.4) is 0 Å². The molecule has 0 aromatic heterocycles. The van der Waals surface area contributed by atoms with Crippen LogP contribution in [0.2, 0.25) is 0 Å². The van der Waals surface area contributed by atoms with E-state index < -0.39 is 0 Å². The van der Waals surface area contributed by atoms with E-state index in [-0.39, 0.29) is 0 Å². The monoisotopic (exact) mass is 218 g/mol. The molecule has 1 aliphatic rings. The molecule has 1 unspecified atom stereocenters. The topological polar surface area (TPSA) is 24.1 Å². The highest BCUT2D eigenvalue weighted by molar-refractivity contribution is 5.45.